The average Bonchev–Trinajstić information content (AvgIpc) is 2.84. The second-order valence-electron chi connectivity index (χ2n) is 3.44. The fraction of sp³-hybridized carbons (Fsp3) is 0.200. The summed E-state index contributed by atoms with van der Waals surface area (Å²) in [6.07, 6.45) is 6.61. The molecule has 0 aromatic carbocycles. The van der Waals surface area contributed by atoms with Crippen LogP contribution in [0, 0.1) is 0 Å². The van der Waals surface area contributed by atoms with E-state index in [0.29, 0.717) is 13.0 Å². The molecule has 0 saturated heterocycles. The monoisotopic (exact) mass is 252 g/mol. The maximum atomic E-state index is 11.7. The van der Waals surface area contributed by atoms with Crippen LogP contribution in [-0.2, 0) is 16.4 Å². The molecule has 0 aliphatic rings. The Hall–Kier alpha value is -1.73. The molecular weight excluding hydrogens is 240 g/mol. The summed E-state index contributed by atoms with van der Waals surface area (Å²) in [6, 6.07) is 3.72. The van der Waals surface area contributed by atoms with Crippen LogP contribution in [0.4, 0.5) is 0 Å². The lowest BCUT2D eigenvalue weighted by atomic mass is 10.2. The number of pyridine rings is 1. The molecular formula is C10H12N4O2S. The minimum absolute atomic E-state index is 0.142. The van der Waals surface area contributed by atoms with E-state index in [9.17, 15) is 8.42 Å². The third kappa shape index (κ3) is 3.11. The summed E-state index contributed by atoms with van der Waals surface area (Å²) in [5.41, 5.74) is 0.988. The van der Waals surface area contributed by atoms with Gasteiger partial charge in [-0.1, -0.05) is 6.07 Å². The van der Waals surface area contributed by atoms with E-state index in [1.165, 1.54) is 12.4 Å². The Kier molecular flexibility index (Phi) is 3.50. The van der Waals surface area contributed by atoms with E-state index in [2.05, 4.69) is 19.9 Å². The minimum atomic E-state index is -3.45. The van der Waals surface area contributed by atoms with Gasteiger partial charge in [0.1, 0.15) is 4.90 Å². The third-order valence-corrected chi connectivity index (χ3v) is 3.64. The molecule has 0 unspecified atom stereocenters. The van der Waals surface area contributed by atoms with E-state index < -0.39 is 10.0 Å². The molecule has 0 fully saturated rings. The van der Waals surface area contributed by atoms with E-state index in [-0.39, 0.29) is 4.90 Å². The Morgan fingerprint density at radius 2 is 2.24 bits per heavy atom. The molecule has 0 aliphatic heterocycles. The first-order valence-electron chi connectivity index (χ1n) is 5.06. The van der Waals surface area contributed by atoms with Crippen molar-refractivity contribution in [3.63, 3.8) is 0 Å². The van der Waals surface area contributed by atoms with Crippen LogP contribution in [0.2, 0.25) is 0 Å². The van der Waals surface area contributed by atoms with E-state index >= 15 is 0 Å². The van der Waals surface area contributed by atoms with Crippen molar-refractivity contribution < 1.29 is 8.42 Å². The zero-order chi connectivity index (χ0) is 12.1. The SMILES string of the molecule is O=S(=O)(NCCc1cccnc1)c1cn[nH]c1. The van der Waals surface area contributed by atoms with Gasteiger partial charge in [-0.05, 0) is 18.1 Å². The minimum Gasteiger partial charge on any atom is -0.284 e. The molecule has 0 atom stereocenters. The fourth-order valence-electron chi connectivity index (χ4n) is 1.35. The van der Waals surface area contributed by atoms with Gasteiger partial charge in [-0.25, -0.2) is 13.1 Å². The van der Waals surface area contributed by atoms with Gasteiger partial charge in [-0.2, -0.15) is 5.10 Å². The highest BCUT2D eigenvalue weighted by molar-refractivity contribution is 7.89. The lowest BCUT2D eigenvalue weighted by Gasteiger charge is -2.04. The number of rotatable bonds is 5. The zero-order valence-electron chi connectivity index (χ0n) is 9.00. The van der Waals surface area contributed by atoms with Crippen molar-refractivity contribution in [2.45, 2.75) is 11.3 Å². The van der Waals surface area contributed by atoms with Crippen LogP contribution in [0.25, 0.3) is 0 Å². The highest BCUT2D eigenvalue weighted by Gasteiger charge is 2.13. The normalized spacial score (nSPS) is 11.5. The van der Waals surface area contributed by atoms with Crippen LogP contribution >= 0.6 is 0 Å². The van der Waals surface area contributed by atoms with Crippen LogP contribution in [0.3, 0.4) is 0 Å². The molecule has 2 N–H and O–H groups in total. The number of hydrogen-bond acceptors (Lipinski definition) is 4. The summed E-state index contributed by atoms with van der Waals surface area (Å²) in [4.78, 5) is 4.10. The Morgan fingerprint density at radius 3 is 2.88 bits per heavy atom. The number of aromatic nitrogens is 3. The van der Waals surface area contributed by atoms with Crippen molar-refractivity contribution in [2.24, 2.45) is 0 Å². The molecule has 0 aliphatic carbocycles. The third-order valence-electron chi connectivity index (χ3n) is 2.21. The Bertz CT molecular complexity index is 551. The van der Waals surface area contributed by atoms with Crippen LogP contribution in [0.15, 0.2) is 41.8 Å². The van der Waals surface area contributed by atoms with E-state index in [1.54, 1.807) is 12.4 Å². The number of hydrogen-bond donors (Lipinski definition) is 2. The van der Waals surface area contributed by atoms with Crippen LogP contribution < -0.4 is 4.72 Å². The molecule has 0 saturated carbocycles. The molecule has 0 bridgehead atoms. The summed E-state index contributed by atoms with van der Waals surface area (Å²) < 4.78 is 25.9. The average molecular weight is 252 g/mol. The summed E-state index contributed by atoms with van der Waals surface area (Å²) in [5.74, 6) is 0. The molecule has 7 heteroatoms. The summed E-state index contributed by atoms with van der Waals surface area (Å²) in [5, 5.41) is 6.07. The van der Waals surface area contributed by atoms with E-state index in [0.717, 1.165) is 5.56 Å². The molecule has 90 valence electrons. The van der Waals surface area contributed by atoms with Crippen LogP contribution in [0.5, 0.6) is 0 Å². The van der Waals surface area contributed by atoms with Gasteiger partial charge in [0.2, 0.25) is 10.0 Å². The van der Waals surface area contributed by atoms with Crippen LogP contribution in [-0.4, -0.2) is 30.1 Å². The maximum Gasteiger partial charge on any atom is 0.243 e. The highest BCUT2D eigenvalue weighted by Crippen LogP contribution is 2.04. The van der Waals surface area contributed by atoms with Gasteiger partial charge in [0.25, 0.3) is 0 Å². The molecule has 0 spiro atoms. The molecule has 2 rings (SSSR count). The van der Waals surface area contributed by atoms with Crippen molar-refractivity contribution in [1.29, 1.82) is 0 Å². The predicted octanol–water partition coefficient (Wildman–Crippen LogP) is 0.326. The smallest absolute Gasteiger partial charge is 0.243 e. The maximum absolute atomic E-state index is 11.7. The topological polar surface area (TPSA) is 87.7 Å². The second-order valence-corrected chi connectivity index (χ2v) is 5.21. The Balaban J connectivity index is 1.91. The predicted molar refractivity (Wildman–Crippen MR) is 61.7 cm³/mol. The number of H-pyrrole nitrogens is 1. The van der Waals surface area contributed by atoms with Crippen molar-refractivity contribution in [3.8, 4) is 0 Å². The summed E-state index contributed by atoms with van der Waals surface area (Å²) >= 11 is 0. The standard InChI is InChI=1S/C10H12N4O2S/c15-17(16,10-7-12-13-8-10)14-5-3-9-2-1-4-11-6-9/h1-2,4,6-8,14H,3,5H2,(H,12,13). The molecule has 17 heavy (non-hydrogen) atoms. The Labute approximate surface area is 99.1 Å². The number of nitrogens with one attached hydrogen (secondary N) is 2. The quantitative estimate of drug-likeness (QED) is 0.802. The first kappa shape index (κ1) is 11.7. The number of nitrogens with zero attached hydrogens (tertiary/aromatic N) is 2. The van der Waals surface area contributed by atoms with Gasteiger partial charge >= 0.3 is 0 Å². The van der Waals surface area contributed by atoms with Gasteiger partial charge in [0.15, 0.2) is 0 Å². The first-order chi connectivity index (χ1) is 8.18. The molecule has 0 radical (unpaired) electrons. The van der Waals surface area contributed by atoms with E-state index in [4.69, 9.17) is 0 Å². The summed E-state index contributed by atoms with van der Waals surface area (Å²) in [6.45, 7) is 0.333. The van der Waals surface area contributed by atoms with Gasteiger partial charge in [0.05, 0.1) is 6.20 Å². The van der Waals surface area contributed by atoms with Gasteiger partial charge in [-0.3, -0.25) is 10.1 Å². The fourth-order valence-corrected chi connectivity index (χ4v) is 2.28. The molecule has 2 aromatic rings. The molecule has 2 heterocycles. The largest absolute Gasteiger partial charge is 0.284 e. The lowest BCUT2D eigenvalue weighted by Crippen LogP contribution is -2.25. The van der Waals surface area contributed by atoms with Crippen molar-refractivity contribution in [2.75, 3.05) is 6.54 Å². The first-order valence-corrected chi connectivity index (χ1v) is 6.54. The zero-order valence-corrected chi connectivity index (χ0v) is 9.81. The summed E-state index contributed by atoms with van der Waals surface area (Å²) in [7, 11) is -3.45. The highest BCUT2D eigenvalue weighted by atomic mass is 32.2. The molecule has 6 nitrogen and oxygen atoms in total. The van der Waals surface area contributed by atoms with Gasteiger partial charge in [0, 0.05) is 25.1 Å². The van der Waals surface area contributed by atoms with Crippen molar-refractivity contribution >= 4 is 10.0 Å². The molecule has 0 amide bonds. The second kappa shape index (κ2) is 5.07. The Morgan fingerprint density at radius 1 is 1.35 bits per heavy atom. The van der Waals surface area contributed by atoms with Gasteiger partial charge < -0.3 is 0 Å². The van der Waals surface area contributed by atoms with Crippen LogP contribution in [0.1, 0.15) is 5.56 Å². The van der Waals surface area contributed by atoms with Crippen molar-refractivity contribution in [3.05, 3.63) is 42.5 Å². The van der Waals surface area contributed by atoms with E-state index in [1.807, 2.05) is 12.1 Å². The number of aromatic amines is 1. The molecule has 2 aromatic heterocycles. The number of sulfonamides is 1. The van der Waals surface area contributed by atoms with Gasteiger partial charge in [-0.15, -0.1) is 0 Å². The lowest BCUT2D eigenvalue weighted by molar-refractivity contribution is 0.581. The van der Waals surface area contributed by atoms with Crippen molar-refractivity contribution in [1.82, 2.24) is 19.9 Å².